The molecular weight excluding hydrogens is 282 g/mol. The van der Waals surface area contributed by atoms with E-state index >= 15 is 0 Å². The highest BCUT2D eigenvalue weighted by Gasteiger charge is 2.10. The summed E-state index contributed by atoms with van der Waals surface area (Å²) in [6.07, 6.45) is 0.136. The third kappa shape index (κ3) is 2.64. The first-order valence-corrected chi connectivity index (χ1v) is 4.80. The van der Waals surface area contributed by atoms with Crippen LogP contribution in [0.1, 0.15) is 18.0 Å². The molecule has 0 spiro atoms. The van der Waals surface area contributed by atoms with Crippen LogP contribution in [-0.4, -0.2) is 0 Å². The Kier molecular flexibility index (Phi) is 3.63. The lowest BCUT2D eigenvalue weighted by Gasteiger charge is -2.09. The highest BCUT2D eigenvalue weighted by molar-refractivity contribution is 14.1. The molecule has 68 valence electrons. The average Bonchev–Trinajstić information content (AvgIpc) is 2.09. The lowest BCUT2D eigenvalue weighted by molar-refractivity contribution is 0.584. The summed E-state index contributed by atoms with van der Waals surface area (Å²) >= 11 is 2.08. The first kappa shape index (κ1) is 10.4. The smallest absolute Gasteiger partial charge is 0.128 e. The highest BCUT2D eigenvalue weighted by atomic mass is 127. The fourth-order valence-corrected chi connectivity index (χ4v) is 1.52. The average molecular weight is 290 g/mol. The molecular formula is C9H8FIN2. The van der Waals surface area contributed by atoms with Crippen molar-refractivity contribution >= 4 is 22.6 Å². The molecule has 0 aliphatic carbocycles. The third-order valence-electron chi connectivity index (χ3n) is 1.67. The molecule has 1 aromatic rings. The predicted molar refractivity (Wildman–Crippen MR) is 56.3 cm³/mol. The molecule has 2 nitrogen and oxygen atoms in total. The summed E-state index contributed by atoms with van der Waals surface area (Å²) < 4.78 is 14.1. The molecule has 0 amide bonds. The quantitative estimate of drug-likeness (QED) is 0.850. The van der Waals surface area contributed by atoms with E-state index in [-0.39, 0.29) is 12.2 Å². The topological polar surface area (TPSA) is 49.8 Å². The standard InChI is InChI=1S/C9H8FIN2/c10-8-2-1-6(11)5-7(8)9(13)3-4-12/h1-2,5,9H,3,13H2. The van der Waals surface area contributed by atoms with Crippen molar-refractivity contribution in [2.75, 3.05) is 0 Å². The first-order chi connectivity index (χ1) is 6.15. The van der Waals surface area contributed by atoms with E-state index in [0.717, 1.165) is 3.57 Å². The molecule has 13 heavy (non-hydrogen) atoms. The minimum Gasteiger partial charge on any atom is -0.323 e. The molecule has 1 atom stereocenters. The molecule has 4 heteroatoms. The van der Waals surface area contributed by atoms with Gasteiger partial charge in [-0.05, 0) is 40.8 Å². The molecule has 0 bridgehead atoms. The van der Waals surface area contributed by atoms with Gasteiger partial charge in [0.25, 0.3) is 0 Å². The molecule has 0 aromatic heterocycles. The van der Waals surface area contributed by atoms with E-state index in [0.29, 0.717) is 5.56 Å². The van der Waals surface area contributed by atoms with Gasteiger partial charge >= 0.3 is 0 Å². The van der Waals surface area contributed by atoms with Gasteiger partial charge in [-0.2, -0.15) is 5.26 Å². The van der Waals surface area contributed by atoms with Crippen molar-refractivity contribution in [2.45, 2.75) is 12.5 Å². The molecule has 0 radical (unpaired) electrons. The molecule has 2 N–H and O–H groups in total. The van der Waals surface area contributed by atoms with Crippen molar-refractivity contribution in [3.63, 3.8) is 0 Å². The van der Waals surface area contributed by atoms with Crippen molar-refractivity contribution in [1.29, 1.82) is 5.26 Å². The Morgan fingerprint density at radius 3 is 2.92 bits per heavy atom. The lowest BCUT2D eigenvalue weighted by atomic mass is 10.1. The second-order valence-electron chi connectivity index (χ2n) is 2.63. The second-order valence-corrected chi connectivity index (χ2v) is 3.88. The minimum absolute atomic E-state index is 0.136. The van der Waals surface area contributed by atoms with Gasteiger partial charge in [-0.15, -0.1) is 0 Å². The Labute approximate surface area is 89.7 Å². The van der Waals surface area contributed by atoms with Crippen LogP contribution in [0.5, 0.6) is 0 Å². The lowest BCUT2D eigenvalue weighted by Crippen LogP contribution is -2.11. The SMILES string of the molecule is N#CCC(N)c1cc(I)ccc1F. The van der Waals surface area contributed by atoms with Crippen molar-refractivity contribution in [3.05, 3.63) is 33.1 Å². The van der Waals surface area contributed by atoms with Gasteiger partial charge in [0.15, 0.2) is 0 Å². The maximum atomic E-state index is 13.2. The van der Waals surface area contributed by atoms with Crippen LogP contribution in [0.4, 0.5) is 4.39 Å². The van der Waals surface area contributed by atoms with E-state index in [1.54, 1.807) is 12.1 Å². The van der Waals surface area contributed by atoms with Crippen LogP contribution in [0.25, 0.3) is 0 Å². The van der Waals surface area contributed by atoms with Gasteiger partial charge in [0.05, 0.1) is 12.5 Å². The summed E-state index contributed by atoms with van der Waals surface area (Å²) in [7, 11) is 0. The largest absolute Gasteiger partial charge is 0.323 e. The van der Waals surface area contributed by atoms with Crippen LogP contribution < -0.4 is 5.73 Å². The van der Waals surface area contributed by atoms with Crippen LogP contribution in [0.15, 0.2) is 18.2 Å². The maximum absolute atomic E-state index is 13.2. The van der Waals surface area contributed by atoms with Crippen molar-refractivity contribution in [1.82, 2.24) is 0 Å². The molecule has 0 aliphatic rings. The van der Waals surface area contributed by atoms with E-state index in [2.05, 4.69) is 22.6 Å². The van der Waals surface area contributed by atoms with Crippen LogP contribution >= 0.6 is 22.6 Å². The zero-order chi connectivity index (χ0) is 9.84. The first-order valence-electron chi connectivity index (χ1n) is 3.72. The summed E-state index contributed by atoms with van der Waals surface area (Å²) in [4.78, 5) is 0. The van der Waals surface area contributed by atoms with E-state index in [9.17, 15) is 4.39 Å². The number of nitriles is 1. The predicted octanol–water partition coefficient (Wildman–Crippen LogP) is 2.34. The molecule has 0 fully saturated rings. The molecule has 1 aromatic carbocycles. The number of nitrogens with two attached hydrogens (primary N) is 1. The molecule has 1 unspecified atom stereocenters. The Morgan fingerprint density at radius 1 is 1.62 bits per heavy atom. The maximum Gasteiger partial charge on any atom is 0.128 e. The Balaban J connectivity index is 3.00. The van der Waals surface area contributed by atoms with Gasteiger partial charge in [0, 0.05) is 15.2 Å². The minimum atomic E-state index is -0.528. The highest BCUT2D eigenvalue weighted by Crippen LogP contribution is 2.19. The molecule has 0 heterocycles. The van der Waals surface area contributed by atoms with Gasteiger partial charge in [-0.25, -0.2) is 4.39 Å². The van der Waals surface area contributed by atoms with Crippen LogP contribution in [0, 0.1) is 20.7 Å². The van der Waals surface area contributed by atoms with Crippen molar-refractivity contribution in [2.24, 2.45) is 5.73 Å². The fourth-order valence-electron chi connectivity index (χ4n) is 1.01. The molecule has 0 saturated heterocycles. The summed E-state index contributed by atoms with van der Waals surface area (Å²) in [6, 6.07) is 6.09. The fraction of sp³-hybridized carbons (Fsp3) is 0.222. The zero-order valence-corrected chi connectivity index (χ0v) is 8.95. The Hall–Kier alpha value is -0.670. The summed E-state index contributed by atoms with van der Waals surface area (Å²) in [5, 5.41) is 8.40. The summed E-state index contributed by atoms with van der Waals surface area (Å²) in [5.41, 5.74) is 6.02. The Morgan fingerprint density at radius 2 is 2.31 bits per heavy atom. The number of halogens is 2. The molecule has 0 saturated carbocycles. The van der Waals surface area contributed by atoms with E-state index < -0.39 is 6.04 Å². The van der Waals surface area contributed by atoms with Gasteiger partial charge in [0.1, 0.15) is 5.82 Å². The number of hydrogen-bond acceptors (Lipinski definition) is 2. The summed E-state index contributed by atoms with van der Waals surface area (Å²) in [6.45, 7) is 0. The summed E-state index contributed by atoms with van der Waals surface area (Å²) in [5.74, 6) is -0.344. The van der Waals surface area contributed by atoms with Crippen molar-refractivity contribution < 1.29 is 4.39 Å². The number of rotatable bonds is 2. The van der Waals surface area contributed by atoms with Crippen LogP contribution in [-0.2, 0) is 0 Å². The normalized spacial score (nSPS) is 12.2. The van der Waals surface area contributed by atoms with Gasteiger partial charge in [-0.1, -0.05) is 0 Å². The number of benzene rings is 1. The van der Waals surface area contributed by atoms with Gasteiger partial charge in [0.2, 0.25) is 0 Å². The number of hydrogen-bond donors (Lipinski definition) is 1. The molecule has 0 aliphatic heterocycles. The second kappa shape index (κ2) is 4.53. The zero-order valence-electron chi connectivity index (χ0n) is 6.80. The third-order valence-corrected chi connectivity index (χ3v) is 2.34. The van der Waals surface area contributed by atoms with Crippen LogP contribution in [0.3, 0.4) is 0 Å². The molecule has 1 rings (SSSR count). The van der Waals surface area contributed by atoms with E-state index in [1.807, 2.05) is 6.07 Å². The van der Waals surface area contributed by atoms with Gasteiger partial charge < -0.3 is 5.73 Å². The Bertz CT molecular complexity index is 346. The van der Waals surface area contributed by atoms with E-state index in [4.69, 9.17) is 11.0 Å². The monoisotopic (exact) mass is 290 g/mol. The van der Waals surface area contributed by atoms with Crippen LogP contribution in [0.2, 0.25) is 0 Å². The van der Waals surface area contributed by atoms with Crippen molar-refractivity contribution in [3.8, 4) is 6.07 Å². The van der Waals surface area contributed by atoms with E-state index in [1.165, 1.54) is 6.07 Å². The number of nitrogens with zero attached hydrogens (tertiary/aromatic N) is 1. The van der Waals surface area contributed by atoms with Gasteiger partial charge in [-0.3, -0.25) is 0 Å².